The highest BCUT2D eigenvalue weighted by atomic mass is 35.5. The van der Waals surface area contributed by atoms with Crippen molar-refractivity contribution < 1.29 is 9.84 Å². The molecule has 2 atom stereocenters. The number of aliphatic hydroxyl groups is 1. The van der Waals surface area contributed by atoms with Crippen molar-refractivity contribution in [1.29, 1.82) is 0 Å². The van der Waals surface area contributed by atoms with E-state index in [4.69, 9.17) is 16.3 Å². The predicted molar refractivity (Wildman–Crippen MR) is 76.6 cm³/mol. The summed E-state index contributed by atoms with van der Waals surface area (Å²) >= 11 is 6.00. The lowest BCUT2D eigenvalue weighted by Gasteiger charge is -2.48. The van der Waals surface area contributed by atoms with Crippen molar-refractivity contribution in [1.82, 2.24) is 0 Å². The van der Waals surface area contributed by atoms with Crippen molar-refractivity contribution >= 4 is 11.6 Å². The van der Waals surface area contributed by atoms with E-state index in [0.717, 1.165) is 24.2 Å². The Labute approximate surface area is 119 Å². The first-order chi connectivity index (χ1) is 8.89. The quantitative estimate of drug-likeness (QED) is 0.758. The SMILES string of the molecule is CC1(C)CCCC2(C[C@@H](O)c3cc(Cl)ccc3O2)C1. The van der Waals surface area contributed by atoms with Crippen LogP contribution in [0.25, 0.3) is 0 Å². The van der Waals surface area contributed by atoms with Crippen LogP contribution in [0.15, 0.2) is 18.2 Å². The molecule has 1 spiro atoms. The van der Waals surface area contributed by atoms with Crippen LogP contribution in [-0.4, -0.2) is 10.7 Å². The third-order valence-corrected chi connectivity index (χ3v) is 4.74. The Morgan fingerprint density at radius 2 is 2.11 bits per heavy atom. The van der Waals surface area contributed by atoms with E-state index in [1.54, 1.807) is 0 Å². The minimum absolute atomic E-state index is 0.192. The van der Waals surface area contributed by atoms with Crippen LogP contribution in [0.1, 0.15) is 57.6 Å². The average molecular weight is 281 g/mol. The van der Waals surface area contributed by atoms with Crippen LogP contribution in [0.4, 0.5) is 0 Å². The second kappa shape index (κ2) is 4.39. The standard InChI is InChI=1S/C16H21ClO2/c1-15(2)6-3-7-16(10-15)9-13(18)12-8-11(17)4-5-14(12)19-16/h4-5,8,13,18H,3,6-7,9-10H2,1-2H3/t13-,16?/m1/s1. The van der Waals surface area contributed by atoms with Gasteiger partial charge in [-0.3, -0.25) is 0 Å². The van der Waals surface area contributed by atoms with Gasteiger partial charge in [-0.05, 0) is 49.3 Å². The molecule has 0 amide bonds. The Morgan fingerprint density at radius 1 is 1.32 bits per heavy atom. The highest BCUT2D eigenvalue weighted by molar-refractivity contribution is 6.30. The molecule has 2 nitrogen and oxygen atoms in total. The van der Waals surface area contributed by atoms with Gasteiger partial charge in [0.05, 0.1) is 6.10 Å². The Kier molecular flexibility index (Phi) is 3.06. The van der Waals surface area contributed by atoms with Gasteiger partial charge in [-0.15, -0.1) is 0 Å². The van der Waals surface area contributed by atoms with Gasteiger partial charge in [0.25, 0.3) is 0 Å². The van der Waals surface area contributed by atoms with E-state index in [0.29, 0.717) is 16.9 Å². The van der Waals surface area contributed by atoms with Crippen LogP contribution in [0.2, 0.25) is 5.02 Å². The molecule has 1 aliphatic carbocycles. The molecule has 1 fully saturated rings. The lowest BCUT2D eigenvalue weighted by molar-refractivity contribution is -0.0676. The molecule has 0 radical (unpaired) electrons. The van der Waals surface area contributed by atoms with Gasteiger partial charge in [0, 0.05) is 17.0 Å². The molecule has 19 heavy (non-hydrogen) atoms. The number of hydrogen-bond acceptors (Lipinski definition) is 2. The second-order valence-electron chi connectivity index (χ2n) is 6.88. The third kappa shape index (κ3) is 2.48. The topological polar surface area (TPSA) is 29.5 Å². The van der Waals surface area contributed by atoms with Crippen molar-refractivity contribution in [2.75, 3.05) is 0 Å². The first kappa shape index (κ1) is 13.3. The summed E-state index contributed by atoms with van der Waals surface area (Å²) in [4.78, 5) is 0. The lowest BCUT2D eigenvalue weighted by Crippen LogP contribution is -2.47. The zero-order valence-corrected chi connectivity index (χ0v) is 12.3. The fraction of sp³-hybridized carbons (Fsp3) is 0.625. The minimum Gasteiger partial charge on any atom is -0.487 e. The molecule has 0 aromatic heterocycles. The molecule has 1 aromatic carbocycles. The van der Waals surface area contributed by atoms with Gasteiger partial charge in [0.15, 0.2) is 0 Å². The maximum absolute atomic E-state index is 10.4. The number of halogens is 1. The molecule has 3 rings (SSSR count). The lowest BCUT2D eigenvalue weighted by atomic mass is 9.67. The smallest absolute Gasteiger partial charge is 0.126 e. The summed E-state index contributed by atoms with van der Waals surface area (Å²) in [6, 6.07) is 5.55. The van der Waals surface area contributed by atoms with Gasteiger partial charge in [0.1, 0.15) is 11.4 Å². The zero-order valence-electron chi connectivity index (χ0n) is 11.6. The second-order valence-corrected chi connectivity index (χ2v) is 7.32. The molecule has 1 unspecified atom stereocenters. The summed E-state index contributed by atoms with van der Waals surface area (Å²) in [7, 11) is 0. The first-order valence-corrected chi connectivity index (χ1v) is 7.44. The van der Waals surface area contributed by atoms with Gasteiger partial charge < -0.3 is 9.84 Å². The van der Waals surface area contributed by atoms with Crippen molar-refractivity contribution in [3.8, 4) is 5.75 Å². The molecule has 1 aromatic rings. The monoisotopic (exact) mass is 280 g/mol. The molecule has 1 aliphatic heterocycles. The van der Waals surface area contributed by atoms with Crippen molar-refractivity contribution in [2.24, 2.45) is 5.41 Å². The normalized spacial score (nSPS) is 32.7. The highest BCUT2D eigenvalue weighted by Gasteiger charge is 2.46. The molecule has 1 saturated carbocycles. The van der Waals surface area contributed by atoms with Gasteiger partial charge in [0.2, 0.25) is 0 Å². The van der Waals surface area contributed by atoms with Crippen LogP contribution in [-0.2, 0) is 0 Å². The number of hydrogen-bond donors (Lipinski definition) is 1. The van der Waals surface area contributed by atoms with Gasteiger partial charge >= 0.3 is 0 Å². The van der Waals surface area contributed by atoms with E-state index >= 15 is 0 Å². The molecule has 2 aliphatic rings. The van der Waals surface area contributed by atoms with Gasteiger partial charge in [-0.1, -0.05) is 25.4 Å². The maximum atomic E-state index is 10.4. The molecule has 1 N–H and O–H groups in total. The molecule has 104 valence electrons. The Hall–Kier alpha value is -0.730. The van der Waals surface area contributed by atoms with E-state index in [1.807, 2.05) is 18.2 Å². The van der Waals surface area contributed by atoms with Gasteiger partial charge in [-0.25, -0.2) is 0 Å². The highest BCUT2D eigenvalue weighted by Crippen LogP contribution is 2.51. The summed E-state index contributed by atoms with van der Waals surface area (Å²) in [6.45, 7) is 4.59. The van der Waals surface area contributed by atoms with Crippen LogP contribution < -0.4 is 4.74 Å². The van der Waals surface area contributed by atoms with E-state index < -0.39 is 6.10 Å². The maximum Gasteiger partial charge on any atom is 0.126 e. The average Bonchev–Trinajstić information content (AvgIpc) is 2.29. The van der Waals surface area contributed by atoms with Crippen molar-refractivity contribution in [3.63, 3.8) is 0 Å². The number of rotatable bonds is 0. The van der Waals surface area contributed by atoms with Crippen molar-refractivity contribution in [2.45, 2.75) is 57.7 Å². The van der Waals surface area contributed by atoms with E-state index in [2.05, 4.69) is 13.8 Å². The Morgan fingerprint density at radius 3 is 2.84 bits per heavy atom. The molecular formula is C16H21ClO2. The third-order valence-electron chi connectivity index (χ3n) is 4.51. The van der Waals surface area contributed by atoms with Crippen LogP contribution in [0.3, 0.4) is 0 Å². The molecule has 0 saturated heterocycles. The summed E-state index contributed by atoms with van der Waals surface area (Å²) in [6.07, 6.45) is 4.68. The molecule has 0 bridgehead atoms. The zero-order chi connectivity index (χ0) is 13.7. The molecule has 3 heteroatoms. The van der Waals surface area contributed by atoms with Crippen LogP contribution in [0.5, 0.6) is 5.75 Å². The summed E-state index contributed by atoms with van der Waals surface area (Å²) in [5.41, 5.74) is 0.936. The Bertz CT molecular complexity index is 498. The fourth-order valence-electron chi connectivity index (χ4n) is 3.81. The number of benzene rings is 1. The number of aliphatic hydroxyl groups excluding tert-OH is 1. The van der Waals surface area contributed by atoms with E-state index in [9.17, 15) is 5.11 Å². The fourth-order valence-corrected chi connectivity index (χ4v) is 3.99. The van der Waals surface area contributed by atoms with Crippen LogP contribution in [0, 0.1) is 5.41 Å². The van der Waals surface area contributed by atoms with E-state index in [1.165, 1.54) is 12.8 Å². The predicted octanol–water partition coefficient (Wildman–Crippen LogP) is 4.49. The van der Waals surface area contributed by atoms with Crippen molar-refractivity contribution in [3.05, 3.63) is 28.8 Å². The Balaban J connectivity index is 1.94. The summed E-state index contributed by atoms with van der Waals surface area (Å²) < 4.78 is 6.30. The van der Waals surface area contributed by atoms with E-state index in [-0.39, 0.29) is 5.60 Å². The first-order valence-electron chi connectivity index (χ1n) is 7.06. The molecule has 1 heterocycles. The molecular weight excluding hydrogens is 260 g/mol. The minimum atomic E-state index is -0.462. The van der Waals surface area contributed by atoms with Gasteiger partial charge in [-0.2, -0.15) is 0 Å². The largest absolute Gasteiger partial charge is 0.487 e. The summed E-state index contributed by atoms with van der Waals surface area (Å²) in [5, 5.41) is 11.1. The van der Waals surface area contributed by atoms with Crippen LogP contribution >= 0.6 is 11.6 Å². The number of ether oxygens (including phenoxy) is 1. The summed E-state index contributed by atoms with van der Waals surface area (Å²) in [5.74, 6) is 0.806. The number of fused-ring (bicyclic) bond motifs is 1.